The largest absolute Gasteiger partial charge is 0.384 e. The summed E-state index contributed by atoms with van der Waals surface area (Å²) in [4.78, 5) is 0. The Morgan fingerprint density at radius 1 is 0.944 bits per heavy atom. The van der Waals surface area contributed by atoms with E-state index in [0.29, 0.717) is 0 Å². The van der Waals surface area contributed by atoms with Crippen molar-refractivity contribution in [2.45, 2.75) is 20.3 Å². The van der Waals surface area contributed by atoms with Crippen molar-refractivity contribution in [1.29, 1.82) is 5.41 Å². The summed E-state index contributed by atoms with van der Waals surface area (Å²) in [6, 6.07) is 0. The molecule has 0 amide bonds. The van der Waals surface area contributed by atoms with E-state index in [4.69, 9.17) is 11.1 Å². The predicted octanol–water partition coefficient (Wildman–Crippen LogP) is 4.06. The summed E-state index contributed by atoms with van der Waals surface area (Å²) >= 11 is 0. The number of nitrogens with one attached hydrogen (secondary N) is 1. The van der Waals surface area contributed by atoms with Gasteiger partial charge in [-0.1, -0.05) is 66.8 Å². The van der Waals surface area contributed by atoms with Crippen LogP contribution < -0.4 is 5.73 Å². The molecule has 18 heavy (non-hydrogen) atoms. The van der Waals surface area contributed by atoms with Crippen LogP contribution in [0.4, 0.5) is 0 Å². The Morgan fingerprint density at radius 3 is 2.22 bits per heavy atom. The Kier molecular flexibility index (Phi) is 10.1. The van der Waals surface area contributed by atoms with Crippen molar-refractivity contribution in [2.24, 2.45) is 5.73 Å². The summed E-state index contributed by atoms with van der Waals surface area (Å²) in [5.41, 5.74) is 6.16. The molecular weight excluding hydrogens is 220 g/mol. The minimum atomic E-state index is 0.0857. The first kappa shape index (κ1) is 15.9. The molecule has 3 N–H and O–H groups in total. The fourth-order valence-electron chi connectivity index (χ4n) is 1.14. The summed E-state index contributed by atoms with van der Waals surface area (Å²) in [5, 5.41) is 7.36. The fourth-order valence-corrected chi connectivity index (χ4v) is 1.14. The van der Waals surface area contributed by atoms with E-state index < -0.39 is 0 Å². The molecule has 0 saturated heterocycles. The lowest BCUT2D eigenvalue weighted by Crippen LogP contribution is -2.11. The van der Waals surface area contributed by atoms with E-state index in [-0.39, 0.29) is 5.84 Å². The zero-order valence-corrected chi connectivity index (χ0v) is 11.1. The van der Waals surface area contributed by atoms with Gasteiger partial charge in [-0.2, -0.15) is 0 Å². The first-order valence-electron chi connectivity index (χ1n) is 6.00. The third-order valence-corrected chi connectivity index (χ3v) is 2.00. The molecule has 0 saturated carbocycles. The van der Waals surface area contributed by atoms with E-state index >= 15 is 0 Å². The Labute approximate surface area is 110 Å². The van der Waals surface area contributed by atoms with E-state index in [1.807, 2.05) is 74.6 Å². The first-order valence-corrected chi connectivity index (χ1v) is 6.00. The van der Waals surface area contributed by atoms with Crippen LogP contribution in [0, 0.1) is 5.41 Å². The van der Waals surface area contributed by atoms with Crippen molar-refractivity contribution in [3.8, 4) is 0 Å². The van der Waals surface area contributed by atoms with Crippen LogP contribution in [0.5, 0.6) is 0 Å². The van der Waals surface area contributed by atoms with Gasteiger partial charge in [-0.05, 0) is 20.3 Å². The van der Waals surface area contributed by atoms with Crippen molar-refractivity contribution in [3.05, 3.63) is 72.4 Å². The second-order valence-corrected chi connectivity index (χ2v) is 3.54. The number of rotatable bonds is 7. The number of hydrogen-bond donors (Lipinski definition) is 2. The quantitative estimate of drug-likeness (QED) is 0.395. The van der Waals surface area contributed by atoms with Gasteiger partial charge in [0.15, 0.2) is 0 Å². The van der Waals surface area contributed by atoms with Gasteiger partial charge in [0.2, 0.25) is 0 Å². The summed E-state index contributed by atoms with van der Waals surface area (Å²) in [7, 11) is 0. The zero-order chi connectivity index (χ0) is 13.6. The van der Waals surface area contributed by atoms with Gasteiger partial charge in [-0.15, -0.1) is 0 Å². The van der Waals surface area contributed by atoms with Gasteiger partial charge in [-0.25, -0.2) is 0 Å². The summed E-state index contributed by atoms with van der Waals surface area (Å²) in [6.07, 6.45) is 22.3. The monoisotopic (exact) mass is 242 g/mol. The molecule has 0 radical (unpaired) electrons. The molecule has 0 rings (SSSR count). The van der Waals surface area contributed by atoms with E-state index in [1.54, 1.807) is 0 Å². The molecule has 0 aromatic rings. The molecular formula is C16H22N2. The Hall–Kier alpha value is -2.09. The predicted molar refractivity (Wildman–Crippen MR) is 81.7 cm³/mol. The molecule has 0 spiro atoms. The average Bonchev–Trinajstić information content (AvgIpc) is 2.35. The van der Waals surface area contributed by atoms with Crippen LogP contribution in [0.25, 0.3) is 0 Å². The normalized spacial score (nSPS) is 14.0. The number of hydrogen-bond acceptors (Lipinski definition) is 1. The molecule has 0 aromatic carbocycles. The molecule has 0 aliphatic carbocycles. The molecule has 96 valence electrons. The molecule has 0 aliphatic rings. The molecule has 0 aliphatic heterocycles. The Balaban J connectivity index is 4.17. The second kappa shape index (κ2) is 11.4. The molecule has 0 bridgehead atoms. The third-order valence-electron chi connectivity index (χ3n) is 2.00. The molecule has 0 atom stereocenters. The SMILES string of the molecule is C/C=C/C=C/C=C/C/C=C/C=C(/C=C/C)C(=N)N. The third kappa shape index (κ3) is 9.16. The summed E-state index contributed by atoms with van der Waals surface area (Å²) < 4.78 is 0. The van der Waals surface area contributed by atoms with Crippen molar-refractivity contribution >= 4 is 5.84 Å². The molecule has 0 unspecified atom stereocenters. The van der Waals surface area contributed by atoms with Gasteiger partial charge in [0.1, 0.15) is 5.84 Å². The number of amidine groups is 1. The van der Waals surface area contributed by atoms with Crippen molar-refractivity contribution in [2.75, 3.05) is 0 Å². The lowest BCUT2D eigenvalue weighted by molar-refractivity contribution is 1.39. The van der Waals surface area contributed by atoms with E-state index in [2.05, 4.69) is 6.08 Å². The van der Waals surface area contributed by atoms with Crippen LogP contribution in [0.2, 0.25) is 0 Å². The molecule has 0 heterocycles. The van der Waals surface area contributed by atoms with Crippen LogP contribution in [-0.4, -0.2) is 5.84 Å². The lowest BCUT2D eigenvalue weighted by atomic mass is 10.2. The molecule has 2 heteroatoms. The fraction of sp³-hybridized carbons (Fsp3) is 0.188. The minimum Gasteiger partial charge on any atom is -0.384 e. The van der Waals surface area contributed by atoms with Gasteiger partial charge in [0, 0.05) is 5.57 Å². The van der Waals surface area contributed by atoms with Crippen LogP contribution in [0.15, 0.2) is 72.4 Å². The zero-order valence-electron chi connectivity index (χ0n) is 11.1. The van der Waals surface area contributed by atoms with Gasteiger partial charge < -0.3 is 5.73 Å². The van der Waals surface area contributed by atoms with Gasteiger partial charge in [0.25, 0.3) is 0 Å². The van der Waals surface area contributed by atoms with Crippen LogP contribution in [0.3, 0.4) is 0 Å². The topological polar surface area (TPSA) is 49.9 Å². The second-order valence-electron chi connectivity index (χ2n) is 3.54. The highest BCUT2D eigenvalue weighted by atomic mass is 14.7. The Bertz CT molecular complexity index is 405. The molecule has 0 fully saturated rings. The van der Waals surface area contributed by atoms with Crippen molar-refractivity contribution in [1.82, 2.24) is 0 Å². The average molecular weight is 242 g/mol. The molecule has 2 nitrogen and oxygen atoms in total. The number of nitrogens with two attached hydrogens (primary N) is 1. The lowest BCUT2D eigenvalue weighted by Gasteiger charge is -1.95. The van der Waals surface area contributed by atoms with E-state index in [0.717, 1.165) is 12.0 Å². The van der Waals surface area contributed by atoms with Crippen LogP contribution in [0.1, 0.15) is 20.3 Å². The highest BCUT2D eigenvalue weighted by molar-refractivity contribution is 5.97. The van der Waals surface area contributed by atoms with Gasteiger partial charge >= 0.3 is 0 Å². The summed E-state index contributed by atoms with van der Waals surface area (Å²) in [5.74, 6) is 0.0857. The van der Waals surface area contributed by atoms with E-state index in [9.17, 15) is 0 Å². The smallest absolute Gasteiger partial charge is 0.122 e. The van der Waals surface area contributed by atoms with Crippen molar-refractivity contribution < 1.29 is 0 Å². The van der Waals surface area contributed by atoms with Crippen molar-refractivity contribution in [3.63, 3.8) is 0 Å². The minimum absolute atomic E-state index is 0.0857. The molecule has 0 aromatic heterocycles. The number of allylic oxidation sites excluding steroid dienone is 10. The Morgan fingerprint density at radius 2 is 1.61 bits per heavy atom. The van der Waals surface area contributed by atoms with Crippen LogP contribution in [-0.2, 0) is 0 Å². The standard InChI is InChI=1S/C16H22N2/c1-3-5-6-7-8-9-10-11-12-14-15(13-4-2)16(17)18/h3-9,11-14H,10H2,1-2H3,(H3,17,18)/b5-3+,7-6+,9-8+,12-11+,13-4+,15-14-. The van der Waals surface area contributed by atoms with Crippen LogP contribution >= 0.6 is 0 Å². The highest BCUT2D eigenvalue weighted by Crippen LogP contribution is 1.97. The maximum absolute atomic E-state index is 7.36. The van der Waals surface area contributed by atoms with Gasteiger partial charge in [0.05, 0.1) is 0 Å². The van der Waals surface area contributed by atoms with Gasteiger partial charge in [-0.3, -0.25) is 5.41 Å². The maximum Gasteiger partial charge on any atom is 0.122 e. The first-order chi connectivity index (χ1) is 8.72. The summed E-state index contributed by atoms with van der Waals surface area (Å²) in [6.45, 7) is 3.89. The maximum atomic E-state index is 7.36. The van der Waals surface area contributed by atoms with E-state index in [1.165, 1.54) is 0 Å². The highest BCUT2D eigenvalue weighted by Gasteiger charge is 1.91.